The van der Waals surface area contributed by atoms with E-state index < -0.39 is 0 Å². The number of hydrogen-bond acceptors (Lipinski definition) is 2. The van der Waals surface area contributed by atoms with E-state index in [4.69, 9.17) is 4.74 Å². The van der Waals surface area contributed by atoms with Gasteiger partial charge in [-0.15, -0.1) is 6.58 Å². The molecule has 2 heteroatoms. The Morgan fingerprint density at radius 2 is 2.31 bits per heavy atom. The summed E-state index contributed by atoms with van der Waals surface area (Å²) < 4.78 is 5.74. The molecule has 0 radical (unpaired) electrons. The third-order valence-electron chi connectivity index (χ3n) is 4.96. The number of hydrogen-bond donors (Lipinski definition) is 0. The Balaban J connectivity index is 2.33. The molecule has 1 saturated carbocycles. The summed E-state index contributed by atoms with van der Waals surface area (Å²) in [4.78, 5) is 11.5. The van der Waals surface area contributed by atoms with E-state index in [1.165, 1.54) is 12.8 Å². The van der Waals surface area contributed by atoms with Crippen molar-refractivity contribution >= 4 is 5.97 Å². The number of carbonyl (C=O) groups excluding carboxylic acids is 1. The Labute approximate surface area is 98.1 Å². The summed E-state index contributed by atoms with van der Waals surface area (Å²) in [6, 6.07) is 0. The monoisotopic (exact) mass is 222 g/mol. The molecule has 16 heavy (non-hydrogen) atoms. The highest BCUT2D eigenvalue weighted by atomic mass is 16.6. The molecule has 2 rings (SSSR count). The lowest BCUT2D eigenvalue weighted by atomic mass is 9.56. The zero-order chi connectivity index (χ0) is 11.8. The van der Waals surface area contributed by atoms with E-state index in [9.17, 15) is 4.79 Å². The van der Waals surface area contributed by atoms with Crippen molar-refractivity contribution < 1.29 is 9.53 Å². The van der Waals surface area contributed by atoms with Gasteiger partial charge < -0.3 is 4.74 Å². The Kier molecular flexibility index (Phi) is 2.85. The van der Waals surface area contributed by atoms with E-state index in [2.05, 4.69) is 20.4 Å². The molecule has 1 heterocycles. The average Bonchev–Trinajstić information content (AvgIpc) is 2.60. The molecule has 2 nitrogen and oxygen atoms in total. The maximum absolute atomic E-state index is 11.5. The summed E-state index contributed by atoms with van der Waals surface area (Å²) in [5.41, 5.74) is -0.116. The topological polar surface area (TPSA) is 26.3 Å². The molecular weight excluding hydrogens is 200 g/mol. The quantitative estimate of drug-likeness (QED) is 0.528. The number of ether oxygens (including phenoxy) is 1. The maximum atomic E-state index is 11.5. The van der Waals surface area contributed by atoms with Crippen molar-refractivity contribution in [1.82, 2.24) is 0 Å². The van der Waals surface area contributed by atoms with Crippen LogP contribution in [0.3, 0.4) is 0 Å². The summed E-state index contributed by atoms with van der Waals surface area (Å²) in [7, 11) is 0. The van der Waals surface area contributed by atoms with Gasteiger partial charge in [0, 0.05) is 11.8 Å². The molecule has 0 unspecified atom stereocenters. The molecule has 1 spiro atoms. The molecule has 1 aliphatic heterocycles. The minimum absolute atomic E-state index is 0.00983. The van der Waals surface area contributed by atoms with Crippen LogP contribution in [-0.4, -0.2) is 11.6 Å². The molecule has 0 N–H and O–H groups in total. The molecule has 90 valence electrons. The van der Waals surface area contributed by atoms with Crippen molar-refractivity contribution in [1.29, 1.82) is 0 Å². The first-order valence-corrected chi connectivity index (χ1v) is 6.37. The molecule has 0 aromatic carbocycles. The van der Waals surface area contributed by atoms with Crippen LogP contribution in [0.15, 0.2) is 12.7 Å². The molecule has 2 fully saturated rings. The van der Waals surface area contributed by atoms with Crippen molar-refractivity contribution in [3.8, 4) is 0 Å². The maximum Gasteiger partial charge on any atom is 0.306 e. The lowest BCUT2D eigenvalue weighted by Crippen LogP contribution is -2.52. The van der Waals surface area contributed by atoms with Gasteiger partial charge in [0.15, 0.2) is 0 Å². The highest BCUT2D eigenvalue weighted by molar-refractivity contribution is 5.72. The van der Waals surface area contributed by atoms with Crippen molar-refractivity contribution in [3.05, 3.63) is 12.7 Å². The Hall–Kier alpha value is -0.790. The van der Waals surface area contributed by atoms with Gasteiger partial charge in [0.2, 0.25) is 0 Å². The van der Waals surface area contributed by atoms with Crippen LogP contribution in [0.25, 0.3) is 0 Å². The van der Waals surface area contributed by atoms with Gasteiger partial charge in [-0.2, -0.15) is 0 Å². The summed E-state index contributed by atoms with van der Waals surface area (Å²) in [5, 5.41) is 0. The Morgan fingerprint density at radius 3 is 2.88 bits per heavy atom. The average molecular weight is 222 g/mol. The van der Waals surface area contributed by atoms with Crippen molar-refractivity contribution in [2.75, 3.05) is 0 Å². The molecule has 0 amide bonds. The first kappa shape index (κ1) is 11.7. The van der Waals surface area contributed by atoms with Crippen LogP contribution in [0.4, 0.5) is 0 Å². The van der Waals surface area contributed by atoms with E-state index in [0.717, 1.165) is 19.3 Å². The Morgan fingerprint density at radius 1 is 1.56 bits per heavy atom. The minimum Gasteiger partial charge on any atom is -0.458 e. The minimum atomic E-state index is -0.198. The second-order valence-corrected chi connectivity index (χ2v) is 5.67. The number of esters is 1. The zero-order valence-electron chi connectivity index (χ0n) is 10.4. The van der Waals surface area contributed by atoms with Crippen LogP contribution < -0.4 is 0 Å². The lowest BCUT2D eigenvalue weighted by molar-refractivity contribution is -0.173. The van der Waals surface area contributed by atoms with E-state index >= 15 is 0 Å². The molecule has 0 aromatic rings. The number of rotatable bonds is 2. The summed E-state index contributed by atoms with van der Waals surface area (Å²) in [6.45, 7) is 8.43. The van der Waals surface area contributed by atoms with Gasteiger partial charge in [-0.1, -0.05) is 19.9 Å². The SMILES string of the molecule is C=CC[C@]1(C)[C@@H](C)CCC[C@@]12CCC(=O)O2. The largest absolute Gasteiger partial charge is 0.458 e. The second-order valence-electron chi connectivity index (χ2n) is 5.67. The summed E-state index contributed by atoms with van der Waals surface area (Å²) in [6.07, 6.45) is 7.88. The molecule has 1 aliphatic carbocycles. The first-order valence-electron chi connectivity index (χ1n) is 6.37. The van der Waals surface area contributed by atoms with Gasteiger partial charge >= 0.3 is 5.97 Å². The van der Waals surface area contributed by atoms with Crippen LogP contribution in [0.1, 0.15) is 52.4 Å². The summed E-state index contributed by atoms with van der Waals surface area (Å²) in [5.74, 6) is 0.592. The first-order chi connectivity index (χ1) is 7.54. The van der Waals surface area contributed by atoms with Gasteiger partial charge in [-0.3, -0.25) is 4.79 Å². The molecule has 0 aromatic heterocycles. The van der Waals surface area contributed by atoms with E-state index in [1.54, 1.807) is 0 Å². The molecule has 3 atom stereocenters. The highest BCUT2D eigenvalue weighted by Crippen LogP contribution is 2.56. The fourth-order valence-electron chi connectivity index (χ4n) is 3.64. The molecule has 1 saturated heterocycles. The van der Waals surface area contributed by atoms with Crippen LogP contribution in [-0.2, 0) is 9.53 Å². The second kappa shape index (κ2) is 3.90. The zero-order valence-corrected chi connectivity index (χ0v) is 10.4. The third-order valence-corrected chi connectivity index (χ3v) is 4.96. The number of allylic oxidation sites excluding steroid dienone is 1. The van der Waals surface area contributed by atoms with Crippen molar-refractivity contribution in [2.24, 2.45) is 11.3 Å². The van der Waals surface area contributed by atoms with E-state index in [-0.39, 0.29) is 17.0 Å². The third kappa shape index (κ3) is 1.50. The van der Waals surface area contributed by atoms with Gasteiger partial charge in [-0.05, 0) is 38.0 Å². The predicted octanol–water partition coefficient (Wildman–Crippen LogP) is 3.46. The van der Waals surface area contributed by atoms with Crippen molar-refractivity contribution in [2.45, 2.75) is 58.0 Å². The molecule has 2 aliphatic rings. The standard InChI is InChI=1S/C14H22O2/c1-4-8-13(3)11(2)6-5-9-14(13)10-7-12(15)16-14/h4,11H,1,5-10H2,2-3H3/t11-,13+,14+/m0/s1. The Bertz CT molecular complexity index is 310. The van der Waals surface area contributed by atoms with Gasteiger partial charge in [-0.25, -0.2) is 0 Å². The predicted molar refractivity (Wildman–Crippen MR) is 64.0 cm³/mol. The van der Waals surface area contributed by atoms with Gasteiger partial charge in [0.05, 0.1) is 0 Å². The number of carbonyl (C=O) groups is 1. The normalized spacial score (nSPS) is 43.4. The fourth-order valence-corrected chi connectivity index (χ4v) is 3.64. The van der Waals surface area contributed by atoms with Gasteiger partial charge in [0.25, 0.3) is 0 Å². The fraction of sp³-hybridized carbons (Fsp3) is 0.786. The molecular formula is C14H22O2. The lowest BCUT2D eigenvalue weighted by Gasteiger charge is -2.52. The summed E-state index contributed by atoms with van der Waals surface area (Å²) >= 11 is 0. The van der Waals surface area contributed by atoms with Gasteiger partial charge in [0.1, 0.15) is 5.60 Å². The van der Waals surface area contributed by atoms with Crippen LogP contribution in [0, 0.1) is 11.3 Å². The van der Waals surface area contributed by atoms with Crippen LogP contribution in [0.2, 0.25) is 0 Å². The van der Waals surface area contributed by atoms with Crippen LogP contribution >= 0.6 is 0 Å². The van der Waals surface area contributed by atoms with Crippen molar-refractivity contribution in [3.63, 3.8) is 0 Å². The smallest absolute Gasteiger partial charge is 0.306 e. The molecule has 0 bridgehead atoms. The van der Waals surface area contributed by atoms with E-state index in [1.807, 2.05) is 6.08 Å². The highest BCUT2D eigenvalue weighted by Gasteiger charge is 2.57. The van der Waals surface area contributed by atoms with E-state index in [0.29, 0.717) is 12.3 Å². The van der Waals surface area contributed by atoms with Crippen LogP contribution in [0.5, 0.6) is 0 Å².